The van der Waals surface area contributed by atoms with Gasteiger partial charge in [0.05, 0.1) is 37.5 Å². The summed E-state index contributed by atoms with van der Waals surface area (Å²) in [5, 5.41) is 10.7. The molecule has 1 aliphatic carbocycles. The number of halogens is 1. The first-order chi connectivity index (χ1) is 14.6. The number of aryl methyl sites for hydroxylation is 1. The van der Waals surface area contributed by atoms with Gasteiger partial charge in [-0.05, 0) is 49.4 Å². The zero-order valence-corrected chi connectivity index (χ0v) is 17.9. The van der Waals surface area contributed by atoms with Gasteiger partial charge in [-0.25, -0.2) is 4.39 Å². The highest BCUT2D eigenvalue weighted by atomic mass is 32.2. The number of rotatable bonds is 8. The van der Waals surface area contributed by atoms with E-state index in [0.29, 0.717) is 24.1 Å². The molecule has 160 valence electrons. The number of hydrogen-bond donors (Lipinski definition) is 1. The third-order valence-electron chi connectivity index (χ3n) is 5.49. The van der Waals surface area contributed by atoms with Crippen molar-refractivity contribution >= 4 is 23.5 Å². The van der Waals surface area contributed by atoms with Gasteiger partial charge in [0.1, 0.15) is 12.4 Å². The van der Waals surface area contributed by atoms with E-state index in [9.17, 15) is 14.3 Å². The fourth-order valence-electron chi connectivity index (χ4n) is 3.72. The van der Waals surface area contributed by atoms with Crippen LogP contribution in [0.5, 0.6) is 0 Å². The van der Waals surface area contributed by atoms with Gasteiger partial charge >= 0.3 is 0 Å². The van der Waals surface area contributed by atoms with Crippen LogP contribution in [0, 0.1) is 12.7 Å². The molecule has 2 unspecified atom stereocenters. The second-order valence-corrected chi connectivity index (χ2v) is 9.21. The number of benzene rings is 2. The summed E-state index contributed by atoms with van der Waals surface area (Å²) in [5.74, 6) is -0.457. The summed E-state index contributed by atoms with van der Waals surface area (Å²) in [5.41, 5.74) is 2.60. The maximum absolute atomic E-state index is 14.5. The number of anilines is 1. The summed E-state index contributed by atoms with van der Waals surface area (Å²) < 4.78 is 22.0. The van der Waals surface area contributed by atoms with Crippen molar-refractivity contribution in [1.29, 1.82) is 0 Å². The highest BCUT2D eigenvalue weighted by Crippen LogP contribution is 2.40. The molecule has 1 aliphatic heterocycles. The summed E-state index contributed by atoms with van der Waals surface area (Å²) in [4.78, 5) is 14.6. The number of amides is 1. The van der Waals surface area contributed by atoms with E-state index in [0.717, 1.165) is 24.0 Å². The van der Waals surface area contributed by atoms with E-state index < -0.39 is 6.04 Å². The van der Waals surface area contributed by atoms with Crippen LogP contribution in [0.4, 0.5) is 10.1 Å². The lowest BCUT2D eigenvalue weighted by Crippen LogP contribution is -2.54. The van der Waals surface area contributed by atoms with Crippen molar-refractivity contribution in [2.75, 3.05) is 30.7 Å². The molecule has 2 aromatic carbocycles. The van der Waals surface area contributed by atoms with Crippen LogP contribution >= 0.6 is 11.9 Å². The minimum absolute atomic E-state index is 0.00563. The van der Waals surface area contributed by atoms with Gasteiger partial charge in [-0.1, -0.05) is 42.0 Å². The van der Waals surface area contributed by atoms with Gasteiger partial charge in [-0.15, -0.1) is 0 Å². The maximum atomic E-state index is 14.5. The Balaban J connectivity index is 1.61. The second kappa shape index (κ2) is 9.37. The molecule has 1 amide bonds. The van der Waals surface area contributed by atoms with Gasteiger partial charge in [0.15, 0.2) is 0 Å². The van der Waals surface area contributed by atoms with Gasteiger partial charge in [0, 0.05) is 5.25 Å². The molecular formula is C23H27FN2O3S. The quantitative estimate of drug-likeness (QED) is 0.647. The van der Waals surface area contributed by atoms with Crippen LogP contribution in [0.3, 0.4) is 0 Å². The summed E-state index contributed by atoms with van der Waals surface area (Å²) in [6, 6.07) is 13.9. The molecule has 30 heavy (non-hydrogen) atoms. The first kappa shape index (κ1) is 21.2. The van der Waals surface area contributed by atoms with Crippen molar-refractivity contribution < 1.29 is 19.0 Å². The van der Waals surface area contributed by atoms with E-state index in [1.165, 1.54) is 6.07 Å². The van der Waals surface area contributed by atoms with Gasteiger partial charge in [0.25, 0.3) is 0 Å². The molecule has 1 saturated heterocycles. The number of hydrogen-bond acceptors (Lipinski definition) is 5. The molecule has 1 N–H and O–H groups in total. The number of morpholine rings is 1. The number of para-hydroxylation sites is 1. The molecule has 0 spiro atoms. The number of carbonyl (C=O) groups excluding carboxylic acids is 1. The van der Waals surface area contributed by atoms with Gasteiger partial charge in [-0.3, -0.25) is 4.79 Å². The molecule has 2 fully saturated rings. The molecule has 2 aliphatic rings. The van der Waals surface area contributed by atoms with Crippen molar-refractivity contribution in [2.45, 2.75) is 37.1 Å². The Labute approximate surface area is 181 Å². The van der Waals surface area contributed by atoms with Gasteiger partial charge in [0.2, 0.25) is 5.91 Å². The van der Waals surface area contributed by atoms with Crippen molar-refractivity contribution in [3.8, 4) is 0 Å². The number of ether oxygens (including phenoxy) is 1. The number of carbonyl (C=O) groups is 1. The Morgan fingerprint density at radius 3 is 2.63 bits per heavy atom. The zero-order valence-electron chi connectivity index (χ0n) is 17.0. The smallest absolute Gasteiger partial charge is 0.249 e. The van der Waals surface area contributed by atoms with Crippen molar-refractivity contribution in [1.82, 2.24) is 4.90 Å². The van der Waals surface area contributed by atoms with Gasteiger partial charge in [-0.2, -0.15) is 0 Å². The first-order valence-corrected chi connectivity index (χ1v) is 11.2. The Hall–Kier alpha value is -2.09. The van der Waals surface area contributed by atoms with Crippen LogP contribution < -0.4 is 4.31 Å². The molecule has 1 saturated carbocycles. The zero-order chi connectivity index (χ0) is 21.1. The van der Waals surface area contributed by atoms with Crippen molar-refractivity contribution in [3.05, 3.63) is 65.5 Å². The van der Waals surface area contributed by atoms with E-state index in [1.807, 2.05) is 41.6 Å². The van der Waals surface area contributed by atoms with E-state index in [4.69, 9.17) is 4.74 Å². The molecule has 7 heteroatoms. The Bertz CT molecular complexity index is 875. The van der Waals surface area contributed by atoms with E-state index >= 15 is 0 Å². The molecule has 0 aromatic heterocycles. The molecule has 2 aromatic rings. The summed E-state index contributed by atoms with van der Waals surface area (Å²) in [6.45, 7) is 2.52. The third kappa shape index (κ3) is 4.79. The lowest BCUT2D eigenvalue weighted by atomic mass is 10.0. The Morgan fingerprint density at radius 2 is 1.97 bits per heavy atom. The average Bonchev–Trinajstić information content (AvgIpc) is 3.56. The molecule has 5 nitrogen and oxygen atoms in total. The van der Waals surface area contributed by atoms with Crippen molar-refractivity contribution in [2.24, 2.45) is 0 Å². The minimum atomic E-state index is -0.474. The first-order valence-electron chi connectivity index (χ1n) is 10.3. The highest BCUT2D eigenvalue weighted by Gasteiger charge is 2.37. The fourth-order valence-corrected chi connectivity index (χ4v) is 4.95. The topological polar surface area (TPSA) is 53.0 Å². The van der Waals surface area contributed by atoms with E-state index in [-0.39, 0.29) is 31.0 Å². The second-order valence-electron chi connectivity index (χ2n) is 7.90. The van der Waals surface area contributed by atoms with Crippen LogP contribution in [0.2, 0.25) is 0 Å². The molecule has 4 rings (SSSR count). The van der Waals surface area contributed by atoms with Crippen LogP contribution in [0.15, 0.2) is 48.5 Å². The fraction of sp³-hybridized carbons (Fsp3) is 0.435. The molecule has 2 atom stereocenters. The van der Waals surface area contributed by atoms with E-state index in [2.05, 4.69) is 0 Å². The van der Waals surface area contributed by atoms with Crippen LogP contribution in [0.1, 0.15) is 30.0 Å². The Morgan fingerprint density at radius 1 is 1.23 bits per heavy atom. The van der Waals surface area contributed by atoms with Gasteiger partial charge < -0.3 is 19.0 Å². The van der Waals surface area contributed by atoms with Crippen molar-refractivity contribution in [3.63, 3.8) is 0 Å². The largest absolute Gasteiger partial charge is 0.394 e. The summed E-state index contributed by atoms with van der Waals surface area (Å²) >= 11 is 1.60. The van der Waals surface area contributed by atoms with Crippen LogP contribution in [0.25, 0.3) is 0 Å². The average molecular weight is 431 g/mol. The number of aliphatic hydroxyl groups excluding tert-OH is 1. The molecular weight excluding hydrogens is 403 g/mol. The summed E-state index contributed by atoms with van der Waals surface area (Å²) in [6.07, 6.45) is 2.20. The number of aliphatic hydroxyl groups is 1. The molecule has 0 bridgehead atoms. The maximum Gasteiger partial charge on any atom is 0.249 e. The highest BCUT2D eigenvalue weighted by molar-refractivity contribution is 8.01. The standard InChI is InChI=1S/C23H27FN2O3S/c1-16-6-8-17(9-7-16)22-14-29-15-23(28)26(22)18(13-27)12-25(30-19-10-11-19)21-5-3-2-4-20(21)24/h2-9,18-19,22,27H,10-15H2,1H3. The SMILES string of the molecule is Cc1ccc(C2COCC(=O)N2C(CO)CN(SC2CC2)c2ccccc2F)cc1. The molecule has 0 radical (unpaired) electrons. The van der Waals surface area contributed by atoms with Crippen LogP contribution in [-0.2, 0) is 9.53 Å². The predicted molar refractivity (Wildman–Crippen MR) is 117 cm³/mol. The number of nitrogens with zero attached hydrogens (tertiary/aromatic N) is 2. The normalized spacial score (nSPS) is 20.3. The monoisotopic (exact) mass is 430 g/mol. The molecule has 1 heterocycles. The van der Waals surface area contributed by atoms with E-state index in [1.54, 1.807) is 29.0 Å². The lowest BCUT2D eigenvalue weighted by molar-refractivity contribution is -0.153. The third-order valence-corrected chi connectivity index (χ3v) is 6.86. The summed E-state index contributed by atoms with van der Waals surface area (Å²) in [7, 11) is 0. The van der Waals surface area contributed by atoms with Crippen LogP contribution in [-0.4, -0.2) is 53.6 Å². The lowest BCUT2D eigenvalue weighted by Gasteiger charge is -2.42. The predicted octanol–water partition coefficient (Wildman–Crippen LogP) is 3.71. The Kier molecular flexibility index (Phi) is 6.61. The minimum Gasteiger partial charge on any atom is -0.394 e.